The van der Waals surface area contributed by atoms with Crippen molar-refractivity contribution in [2.75, 3.05) is 13.2 Å². The molecule has 1 unspecified atom stereocenters. The van der Waals surface area contributed by atoms with Gasteiger partial charge in [-0.25, -0.2) is 4.79 Å². The molecule has 1 saturated heterocycles. The lowest BCUT2D eigenvalue weighted by Gasteiger charge is -2.41. The molecule has 0 bridgehead atoms. The third kappa shape index (κ3) is 2.86. The van der Waals surface area contributed by atoms with E-state index < -0.39 is 11.5 Å². The van der Waals surface area contributed by atoms with E-state index in [0.29, 0.717) is 30.9 Å². The van der Waals surface area contributed by atoms with Crippen molar-refractivity contribution in [2.45, 2.75) is 38.6 Å². The van der Waals surface area contributed by atoms with Gasteiger partial charge in [-0.1, -0.05) is 12.1 Å². The van der Waals surface area contributed by atoms with Gasteiger partial charge in [-0.05, 0) is 45.2 Å². The molecule has 2 rings (SSSR count). The van der Waals surface area contributed by atoms with Crippen LogP contribution in [0.15, 0.2) is 24.3 Å². The Kier molecular flexibility index (Phi) is 4.50. The summed E-state index contributed by atoms with van der Waals surface area (Å²) in [5, 5.41) is 9.51. The molecule has 0 aromatic heterocycles. The Hall–Kier alpha value is -2.04. The first-order chi connectivity index (χ1) is 10.0. The molecule has 0 radical (unpaired) electrons. The molecule has 1 heterocycles. The standard InChI is InChI=1S/C16H21NO4/c1-3-21-13-9-5-4-8-12(13)14(18)17-11-7-6-10-16(17,2)15(19)20/h4-5,8-9H,3,6-7,10-11H2,1-2H3,(H,19,20). The number of hydrogen-bond donors (Lipinski definition) is 1. The number of ether oxygens (including phenoxy) is 1. The number of carbonyl (C=O) groups is 2. The number of benzene rings is 1. The number of carbonyl (C=O) groups excluding carboxylic acids is 1. The first kappa shape index (κ1) is 15.4. The molecule has 1 fully saturated rings. The fourth-order valence-electron chi connectivity index (χ4n) is 2.74. The van der Waals surface area contributed by atoms with Crippen molar-refractivity contribution in [3.05, 3.63) is 29.8 Å². The second-order valence-electron chi connectivity index (χ2n) is 5.42. The number of rotatable bonds is 4. The van der Waals surface area contributed by atoms with Gasteiger partial charge in [0.15, 0.2) is 0 Å². The topological polar surface area (TPSA) is 66.8 Å². The molecule has 1 N–H and O–H groups in total. The minimum Gasteiger partial charge on any atom is -0.493 e. The van der Waals surface area contributed by atoms with Gasteiger partial charge in [0, 0.05) is 6.54 Å². The smallest absolute Gasteiger partial charge is 0.329 e. The summed E-state index contributed by atoms with van der Waals surface area (Å²) in [6, 6.07) is 6.98. The predicted molar refractivity (Wildman–Crippen MR) is 78.5 cm³/mol. The molecule has 0 aliphatic carbocycles. The van der Waals surface area contributed by atoms with Crippen molar-refractivity contribution in [1.29, 1.82) is 0 Å². The second-order valence-corrected chi connectivity index (χ2v) is 5.42. The quantitative estimate of drug-likeness (QED) is 0.925. The van der Waals surface area contributed by atoms with Crippen LogP contribution in [0.25, 0.3) is 0 Å². The van der Waals surface area contributed by atoms with E-state index in [-0.39, 0.29) is 5.91 Å². The van der Waals surface area contributed by atoms with E-state index in [1.807, 2.05) is 6.92 Å². The van der Waals surface area contributed by atoms with Crippen LogP contribution in [0, 0.1) is 0 Å². The number of nitrogens with zero attached hydrogens (tertiary/aromatic N) is 1. The van der Waals surface area contributed by atoms with E-state index in [9.17, 15) is 14.7 Å². The van der Waals surface area contributed by atoms with Gasteiger partial charge in [0.2, 0.25) is 0 Å². The van der Waals surface area contributed by atoms with Crippen LogP contribution in [-0.4, -0.2) is 40.6 Å². The molecular weight excluding hydrogens is 270 g/mol. The number of likely N-dealkylation sites (tertiary alicyclic amines) is 1. The molecule has 0 spiro atoms. The van der Waals surface area contributed by atoms with Crippen molar-refractivity contribution in [3.63, 3.8) is 0 Å². The normalized spacial score (nSPS) is 21.9. The monoisotopic (exact) mass is 291 g/mol. The summed E-state index contributed by atoms with van der Waals surface area (Å²) in [6.07, 6.45) is 2.12. The van der Waals surface area contributed by atoms with Gasteiger partial charge in [0.25, 0.3) is 5.91 Å². The van der Waals surface area contributed by atoms with E-state index in [2.05, 4.69) is 0 Å². The molecule has 1 atom stereocenters. The molecular formula is C16H21NO4. The maximum atomic E-state index is 12.8. The summed E-state index contributed by atoms with van der Waals surface area (Å²) in [5.41, 5.74) is -0.719. The molecule has 1 aliphatic rings. The van der Waals surface area contributed by atoms with Gasteiger partial charge >= 0.3 is 5.97 Å². The summed E-state index contributed by atoms with van der Waals surface area (Å²) in [5.74, 6) is -0.726. The van der Waals surface area contributed by atoms with Crippen molar-refractivity contribution >= 4 is 11.9 Å². The summed E-state index contributed by atoms with van der Waals surface area (Å²) in [7, 11) is 0. The van der Waals surface area contributed by atoms with Crippen LogP contribution in [0.4, 0.5) is 0 Å². The largest absolute Gasteiger partial charge is 0.493 e. The number of hydrogen-bond acceptors (Lipinski definition) is 3. The molecule has 1 aromatic rings. The van der Waals surface area contributed by atoms with Crippen LogP contribution >= 0.6 is 0 Å². The van der Waals surface area contributed by atoms with E-state index >= 15 is 0 Å². The highest BCUT2D eigenvalue weighted by Crippen LogP contribution is 2.31. The fourth-order valence-corrected chi connectivity index (χ4v) is 2.74. The lowest BCUT2D eigenvalue weighted by molar-refractivity contribution is -0.150. The number of aliphatic carboxylic acids is 1. The van der Waals surface area contributed by atoms with Crippen LogP contribution in [0.1, 0.15) is 43.5 Å². The van der Waals surface area contributed by atoms with E-state index in [4.69, 9.17) is 4.74 Å². The van der Waals surface area contributed by atoms with Crippen LogP contribution in [0.3, 0.4) is 0 Å². The highest BCUT2D eigenvalue weighted by atomic mass is 16.5. The second kappa shape index (κ2) is 6.16. The number of carboxylic acid groups (broad SMARTS) is 1. The summed E-state index contributed by atoms with van der Waals surface area (Å²) in [4.78, 5) is 25.9. The Morgan fingerprint density at radius 1 is 1.33 bits per heavy atom. The SMILES string of the molecule is CCOc1ccccc1C(=O)N1CCCCC1(C)C(=O)O. The number of carboxylic acids is 1. The van der Waals surface area contributed by atoms with Crippen molar-refractivity contribution in [3.8, 4) is 5.75 Å². The summed E-state index contributed by atoms with van der Waals surface area (Å²) >= 11 is 0. The minimum absolute atomic E-state index is 0.274. The van der Waals surface area contributed by atoms with Crippen molar-refractivity contribution in [2.24, 2.45) is 0 Å². The molecule has 114 valence electrons. The zero-order valence-corrected chi connectivity index (χ0v) is 12.5. The molecule has 1 aliphatic heterocycles. The number of amides is 1. The first-order valence-corrected chi connectivity index (χ1v) is 7.28. The first-order valence-electron chi connectivity index (χ1n) is 7.28. The van der Waals surface area contributed by atoms with Gasteiger partial charge in [-0.15, -0.1) is 0 Å². The lowest BCUT2D eigenvalue weighted by Crippen LogP contribution is -2.57. The van der Waals surface area contributed by atoms with Crippen LogP contribution in [0.5, 0.6) is 5.75 Å². The average Bonchev–Trinajstić information content (AvgIpc) is 2.48. The highest BCUT2D eigenvalue weighted by molar-refractivity contribution is 6.00. The Labute approximate surface area is 124 Å². The molecule has 5 heteroatoms. The Balaban J connectivity index is 2.36. The third-order valence-corrected chi connectivity index (χ3v) is 4.01. The predicted octanol–water partition coefficient (Wildman–Crippen LogP) is 2.55. The average molecular weight is 291 g/mol. The van der Waals surface area contributed by atoms with Crippen LogP contribution < -0.4 is 4.74 Å². The van der Waals surface area contributed by atoms with Gasteiger partial charge in [0.1, 0.15) is 11.3 Å². The molecule has 0 saturated carbocycles. The van der Waals surface area contributed by atoms with Gasteiger partial charge in [-0.3, -0.25) is 4.79 Å². The Morgan fingerprint density at radius 3 is 2.71 bits per heavy atom. The Bertz CT molecular complexity index is 543. The molecule has 21 heavy (non-hydrogen) atoms. The highest BCUT2D eigenvalue weighted by Gasteiger charge is 2.44. The number of piperidine rings is 1. The third-order valence-electron chi connectivity index (χ3n) is 4.01. The van der Waals surface area contributed by atoms with Crippen molar-refractivity contribution in [1.82, 2.24) is 4.90 Å². The van der Waals surface area contributed by atoms with E-state index in [0.717, 1.165) is 12.8 Å². The lowest BCUT2D eigenvalue weighted by atomic mass is 9.87. The molecule has 1 amide bonds. The zero-order chi connectivity index (χ0) is 15.5. The van der Waals surface area contributed by atoms with Crippen LogP contribution in [0.2, 0.25) is 0 Å². The van der Waals surface area contributed by atoms with Gasteiger partial charge in [0.05, 0.1) is 12.2 Å². The summed E-state index contributed by atoms with van der Waals surface area (Å²) in [6.45, 7) is 4.39. The fraction of sp³-hybridized carbons (Fsp3) is 0.500. The molecule has 1 aromatic carbocycles. The van der Waals surface area contributed by atoms with Crippen LogP contribution in [-0.2, 0) is 4.79 Å². The molecule has 5 nitrogen and oxygen atoms in total. The maximum absolute atomic E-state index is 12.8. The summed E-state index contributed by atoms with van der Waals surface area (Å²) < 4.78 is 5.48. The van der Waals surface area contributed by atoms with Gasteiger partial charge < -0.3 is 14.7 Å². The maximum Gasteiger partial charge on any atom is 0.329 e. The Morgan fingerprint density at radius 2 is 2.05 bits per heavy atom. The van der Waals surface area contributed by atoms with E-state index in [1.165, 1.54) is 4.90 Å². The van der Waals surface area contributed by atoms with E-state index in [1.54, 1.807) is 31.2 Å². The van der Waals surface area contributed by atoms with Gasteiger partial charge in [-0.2, -0.15) is 0 Å². The van der Waals surface area contributed by atoms with Crippen molar-refractivity contribution < 1.29 is 19.4 Å². The zero-order valence-electron chi connectivity index (χ0n) is 12.5. The minimum atomic E-state index is -1.14. The number of para-hydroxylation sites is 1.